The van der Waals surface area contributed by atoms with Crippen LogP contribution in [0.3, 0.4) is 0 Å². The van der Waals surface area contributed by atoms with Gasteiger partial charge in [-0.2, -0.15) is 0 Å². The third kappa shape index (κ3) is 2.53. The van der Waals surface area contributed by atoms with Crippen LogP contribution >= 0.6 is 0 Å². The summed E-state index contributed by atoms with van der Waals surface area (Å²) in [4.78, 5) is 0. The third-order valence-electron chi connectivity index (χ3n) is 4.28. The Kier molecular flexibility index (Phi) is 3.17. The molecule has 0 aliphatic heterocycles. The van der Waals surface area contributed by atoms with E-state index in [0.717, 1.165) is 18.4 Å². The molecule has 1 aromatic carbocycles. The Morgan fingerprint density at radius 1 is 1.12 bits per heavy atom. The highest BCUT2D eigenvalue weighted by Crippen LogP contribution is 2.52. The van der Waals surface area contributed by atoms with E-state index in [2.05, 4.69) is 24.3 Å². The summed E-state index contributed by atoms with van der Waals surface area (Å²) in [5, 5.41) is 9.03. The van der Waals surface area contributed by atoms with Gasteiger partial charge in [0.25, 0.3) is 0 Å². The van der Waals surface area contributed by atoms with Crippen molar-refractivity contribution in [3.05, 3.63) is 35.9 Å². The maximum atomic E-state index is 9.03. The molecular formula is C15H20O2. The average Bonchev–Trinajstić information content (AvgIpc) is 3.08. The average molecular weight is 232 g/mol. The van der Waals surface area contributed by atoms with E-state index in [1.54, 1.807) is 0 Å². The molecule has 2 fully saturated rings. The number of aliphatic hydroxyl groups excluding tert-OH is 1. The molecule has 1 N–H and O–H groups in total. The summed E-state index contributed by atoms with van der Waals surface area (Å²) in [6.07, 6.45) is 4.11. The zero-order valence-corrected chi connectivity index (χ0v) is 10.1. The van der Waals surface area contributed by atoms with Crippen LogP contribution in [0.1, 0.15) is 24.8 Å². The van der Waals surface area contributed by atoms with Crippen molar-refractivity contribution in [1.82, 2.24) is 0 Å². The van der Waals surface area contributed by atoms with E-state index in [4.69, 9.17) is 9.84 Å². The highest BCUT2D eigenvalue weighted by molar-refractivity contribution is 5.13. The lowest BCUT2D eigenvalue weighted by Gasteiger charge is -2.35. The van der Waals surface area contributed by atoms with Gasteiger partial charge in [0.05, 0.1) is 12.7 Å². The number of aliphatic hydroxyl groups is 1. The van der Waals surface area contributed by atoms with Crippen LogP contribution in [0.5, 0.6) is 0 Å². The summed E-state index contributed by atoms with van der Waals surface area (Å²) >= 11 is 0. The van der Waals surface area contributed by atoms with E-state index in [1.807, 2.05) is 6.07 Å². The van der Waals surface area contributed by atoms with Crippen molar-refractivity contribution in [1.29, 1.82) is 0 Å². The third-order valence-corrected chi connectivity index (χ3v) is 4.28. The van der Waals surface area contributed by atoms with Crippen LogP contribution < -0.4 is 0 Å². The molecule has 92 valence electrons. The molecule has 17 heavy (non-hydrogen) atoms. The fraction of sp³-hybridized carbons (Fsp3) is 0.600. The molecule has 2 aliphatic carbocycles. The van der Waals surface area contributed by atoms with E-state index in [9.17, 15) is 0 Å². The molecule has 0 aromatic heterocycles. The fourth-order valence-corrected chi connectivity index (χ4v) is 2.94. The molecule has 2 heteroatoms. The molecule has 2 atom stereocenters. The molecule has 0 radical (unpaired) electrons. The highest BCUT2D eigenvalue weighted by Gasteiger charge is 2.47. The van der Waals surface area contributed by atoms with Crippen molar-refractivity contribution < 1.29 is 9.84 Å². The van der Waals surface area contributed by atoms with Gasteiger partial charge in [0, 0.05) is 6.61 Å². The molecule has 2 nitrogen and oxygen atoms in total. The Morgan fingerprint density at radius 2 is 1.88 bits per heavy atom. The number of hydrogen-bond donors (Lipinski definition) is 1. The number of hydrogen-bond acceptors (Lipinski definition) is 2. The molecule has 1 aromatic rings. The Hall–Kier alpha value is -0.860. The second kappa shape index (κ2) is 4.79. The van der Waals surface area contributed by atoms with Gasteiger partial charge in [-0.1, -0.05) is 30.3 Å². The smallest absolute Gasteiger partial charge is 0.0720 e. The first kappa shape index (κ1) is 11.2. The molecular weight excluding hydrogens is 212 g/mol. The maximum Gasteiger partial charge on any atom is 0.0720 e. The van der Waals surface area contributed by atoms with Crippen LogP contribution in [0.2, 0.25) is 0 Å². The van der Waals surface area contributed by atoms with E-state index in [0.29, 0.717) is 18.6 Å². The zero-order chi connectivity index (χ0) is 11.7. The Labute approximate surface area is 103 Å². The molecule has 0 amide bonds. The van der Waals surface area contributed by atoms with Gasteiger partial charge in [0.15, 0.2) is 0 Å². The van der Waals surface area contributed by atoms with E-state index >= 15 is 0 Å². The molecule has 0 unspecified atom stereocenters. The van der Waals surface area contributed by atoms with Crippen molar-refractivity contribution in [2.45, 2.75) is 32.0 Å². The standard InChI is InChI=1S/C15H20O2/c16-9-13-8-15(13)12-6-14(7-12)17-10-11-4-2-1-3-5-11/h1-5,12-16H,6-10H2/t12?,13-,14?,15-/m0/s1. The van der Waals surface area contributed by atoms with Crippen molar-refractivity contribution in [2.24, 2.45) is 17.8 Å². The minimum atomic E-state index is 0.386. The summed E-state index contributed by atoms with van der Waals surface area (Å²) in [5.41, 5.74) is 1.26. The fourth-order valence-electron chi connectivity index (χ4n) is 2.94. The second-order valence-electron chi connectivity index (χ2n) is 5.49. The summed E-state index contributed by atoms with van der Waals surface area (Å²) in [6.45, 7) is 1.13. The molecule has 0 saturated heterocycles. The predicted octanol–water partition coefficient (Wildman–Crippen LogP) is 2.61. The van der Waals surface area contributed by atoms with E-state index in [-0.39, 0.29) is 0 Å². The molecule has 3 rings (SSSR count). The van der Waals surface area contributed by atoms with Gasteiger partial charge in [-0.15, -0.1) is 0 Å². The van der Waals surface area contributed by atoms with Crippen LogP contribution in [0.15, 0.2) is 30.3 Å². The molecule has 0 spiro atoms. The zero-order valence-electron chi connectivity index (χ0n) is 10.1. The number of ether oxygens (including phenoxy) is 1. The molecule has 2 saturated carbocycles. The van der Waals surface area contributed by atoms with Crippen molar-refractivity contribution >= 4 is 0 Å². The van der Waals surface area contributed by atoms with Gasteiger partial charge in [-0.3, -0.25) is 0 Å². The predicted molar refractivity (Wildman–Crippen MR) is 66.4 cm³/mol. The first-order valence-corrected chi connectivity index (χ1v) is 6.63. The minimum Gasteiger partial charge on any atom is -0.396 e. The van der Waals surface area contributed by atoms with E-state index in [1.165, 1.54) is 24.8 Å². The Balaban J connectivity index is 1.37. The number of benzene rings is 1. The first-order chi connectivity index (χ1) is 8.36. The normalized spacial score (nSPS) is 35.4. The lowest BCUT2D eigenvalue weighted by Crippen LogP contribution is -2.33. The van der Waals surface area contributed by atoms with Crippen molar-refractivity contribution in [2.75, 3.05) is 6.61 Å². The Bertz CT molecular complexity index is 356. The Morgan fingerprint density at radius 3 is 2.53 bits per heavy atom. The molecule has 2 aliphatic rings. The maximum absolute atomic E-state index is 9.03. The minimum absolute atomic E-state index is 0.386. The van der Waals surface area contributed by atoms with Crippen LogP contribution in [-0.2, 0) is 11.3 Å². The monoisotopic (exact) mass is 232 g/mol. The van der Waals surface area contributed by atoms with Gasteiger partial charge in [-0.25, -0.2) is 0 Å². The SMILES string of the molecule is OC[C@@H]1C[C@H]1C1CC(OCc2ccccc2)C1. The number of rotatable bonds is 5. The summed E-state index contributed by atoms with van der Waals surface area (Å²) < 4.78 is 5.88. The molecule has 0 bridgehead atoms. The van der Waals surface area contributed by atoms with Crippen LogP contribution in [0.4, 0.5) is 0 Å². The van der Waals surface area contributed by atoms with Gasteiger partial charge in [0.1, 0.15) is 0 Å². The lowest BCUT2D eigenvalue weighted by atomic mass is 9.78. The van der Waals surface area contributed by atoms with Gasteiger partial charge in [-0.05, 0) is 42.6 Å². The summed E-state index contributed by atoms with van der Waals surface area (Å²) in [5.74, 6) is 2.24. The first-order valence-electron chi connectivity index (χ1n) is 6.63. The topological polar surface area (TPSA) is 29.5 Å². The van der Waals surface area contributed by atoms with Crippen molar-refractivity contribution in [3.8, 4) is 0 Å². The summed E-state index contributed by atoms with van der Waals surface area (Å²) in [6, 6.07) is 10.4. The van der Waals surface area contributed by atoms with Crippen LogP contribution in [0, 0.1) is 17.8 Å². The van der Waals surface area contributed by atoms with Gasteiger partial charge >= 0.3 is 0 Å². The van der Waals surface area contributed by atoms with Crippen LogP contribution in [0.25, 0.3) is 0 Å². The highest BCUT2D eigenvalue weighted by atomic mass is 16.5. The largest absolute Gasteiger partial charge is 0.396 e. The van der Waals surface area contributed by atoms with Gasteiger partial charge in [0.2, 0.25) is 0 Å². The lowest BCUT2D eigenvalue weighted by molar-refractivity contribution is -0.0477. The quantitative estimate of drug-likeness (QED) is 0.845. The molecule has 0 heterocycles. The van der Waals surface area contributed by atoms with Crippen LogP contribution in [-0.4, -0.2) is 17.8 Å². The summed E-state index contributed by atoms with van der Waals surface area (Å²) in [7, 11) is 0. The second-order valence-corrected chi connectivity index (χ2v) is 5.49. The van der Waals surface area contributed by atoms with Crippen molar-refractivity contribution in [3.63, 3.8) is 0 Å². The van der Waals surface area contributed by atoms with E-state index < -0.39 is 0 Å². The van der Waals surface area contributed by atoms with Gasteiger partial charge < -0.3 is 9.84 Å².